The van der Waals surface area contributed by atoms with E-state index in [1.807, 2.05) is 0 Å². The molecule has 0 amide bonds. The first-order valence-corrected chi connectivity index (χ1v) is 7.77. The Labute approximate surface area is 123 Å². The number of hydrogen-bond donors (Lipinski definition) is 1. The van der Waals surface area contributed by atoms with Crippen LogP contribution in [0.5, 0.6) is 5.75 Å². The van der Waals surface area contributed by atoms with E-state index in [4.69, 9.17) is 15.2 Å². The standard InChI is InChI=1S/C15H22BrNO2/c1-2-5-18-6-4-14(17)10-12-9-13(16)8-11-3-7-19-15(11)12/h8-9,14H,2-7,10,17H2,1H3. The van der Waals surface area contributed by atoms with Gasteiger partial charge in [0.15, 0.2) is 0 Å². The Balaban J connectivity index is 1.92. The van der Waals surface area contributed by atoms with Crippen LogP contribution in [0.3, 0.4) is 0 Å². The van der Waals surface area contributed by atoms with Gasteiger partial charge >= 0.3 is 0 Å². The minimum Gasteiger partial charge on any atom is -0.493 e. The molecule has 0 fully saturated rings. The number of halogens is 1. The maximum atomic E-state index is 6.18. The number of hydrogen-bond acceptors (Lipinski definition) is 3. The smallest absolute Gasteiger partial charge is 0.125 e. The third kappa shape index (κ3) is 4.20. The van der Waals surface area contributed by atoms with Gasteiger partial charge in [0, 0.05) is 30.1 Å². The van der Waals surface area contributed by atoms with E-state index in [1.165, 1.54) is 11.1 Å². The highest BCUT2D eigenvalue weighted by molar-refractivity contribution is 9.10. The molecular weight excluding hydrogens is 306 g/mol. The average Bonchev–Trinajstić information content (AvgIpc) is 2.82. The quantitative estimate of drug-likeness (QED) is 0.783. The Morgan fingerprint density at radius 2 is 2.26 bits per heavy atom. The van der Waals surface area contributed by atoms with Gasteiger partial charge in [-0.1, -0.05) is 22.9 Å². The van der Waals surface area contributed by atoms with Crippen molar-refractivity contribution in [3.05, 3.63) is 27.7 Å². The molecule has 2 rings (SSSR count). The second kappa shape index (κ2) is 7.27. The lowest BCUT2D eigenvalue weighted by atomic mass is 10.0. The Morgan fingerprint density at radius 1 is 1.42 bits per heavy atom. The van der Waals surface area contributed by atoms with Crippen molar-refractivity contribution >= 4 is 15.9 Å². The molecule has 1 aromatic rings. The number of benzene rings is 1. The van der Waals surface area contributed by atoms with Crippen LogP contribution in [-0.2, 0) is 17.6 Å². The number of fused-ring (bicyclic) bond motifs is 1. The summed E-state index contributed by atoms with van der Waals surface area (Å²) >= 11 is 3.56. The first-order valence-electron chi connectivity index (χ1n) is 6.98. The van der Waals surface area contributed by atoms with Gasteiger partial charge in [0.1, 0.15) is 5.75 Å². The fraction of sp³-hybridized carbons (Fsp3) is 0.600. The van der Waals surface area contributed by atoms with Gasteiger partial charge in [0.25, 0.3) is 0 Å². The molecule has 4 heteroatoms. The molecule has 0 spiro atoms. The third-order valence-corrected chi connectivity index (χ3v) is 3.75. The van der Waals surface area contributed by atoms with Crippen molar-refractivity contribution in [1.29, 1.82) is 0 Å². The van der Waals surface area contributed by atoms with Crippen LogP contribution in [0.25, 0.3) is 0 Å². The van der Waals surface area contributed by atoms with Gasteiger partial charge in [0.05, 0.1) is 6.61 Å². The normalized spacial score (nSPS) is 15.1. The lowest BCUT2D eigenvalue weighted by molar-refractivity contribution is 0.127. The molecule has 1 aliphatic rings. The van der Waals surface area contributed by atoms with Gasteiger partial charge in [-0.15, -0.1) is 0 Å². The molecule has 0 bridgehead atoms. The van der Waals surface area contributed by atoms with E-state index in [1.54, 1.807) is 0 Å². The maximum absolute atomic E-state index is 6.18. The predicted molar refractivity (Wildman–Crippen MR) is 80.7 cm³/mol. The molecule has 0 radical (unpaired) electrons. The Morgan fingerprint density at radius 3 is 3.05 bits per heavy atom. The van der Waals surface area contributed by atoms with Crippen molar-refractivity contribution in [2.24, 2.45) is 5.73 Å². The maximum Gasteiger partial charge on any atom is 0.125 e. The third-order valence-electron chi connectivity index (χ3n) is 3.29. The van der Waals surface area contributed by atoms with Crippen LogP contribution >= 0.6 is 15.9 Å². The SMILES string of the molecule is CCCOCCC(N)Cc1cc(Br)cc2c1OCC2. The molecule has 1 aromatic carbocycles. The van der Waals surface area contributed by atoms with E-state index in [0.29, 0.717) is 0 Å². The largest absolute Gasteiger partial charge is 0.493 e. The summed E-state index contributed by atoms with van der Waals surface area (Å²) in [7, 11) is 0. The molecule has 3 nitrogen and oxygen atoms in total. The zero-order valence-electron chi connectivity index (χ0n) is 11.5. The lowest BCUT2D eigenvalue weighted by Crippen LogP contribution is -2.25. The second-order valence-electron chi connectivity index (χ2n) is 5.02. The molecular formula is C15H22BrNO2. The Bertz CT molecular complexity index is 423. The molecule has 1 aliphatic heterocycles. The van der Waals surface area contributed by atoms with E-state index >= 15 is 0 Å². The van der Waals surface area contributed by atoms with Crippen LogP contribution in [0.4, 0.5) is 0 Å². The summed E-state index contributed by atoms with van der Waals surface area (Å²) in [5.74, 6) is 1.05. The fourth-order valence-corrected chi connectivity index (χ4v) is 2.92. The highest BCUT2D eigenvalue weighted by Gasteiger charge is 2.18. The van der Waals surface area contributed by atoms with Crippen LogP contribution < -0.4 is 10.5 Å². The minimum atomic E-state index is 0.124. The molecule has 19 heavy (non-hydrogen) atoms. The van der Waals surface area contributed by atoms with Gasteiger partial charge in [-0.05, 0) is 42.5 Å². The summed E-state index contributed by atoms with van der Waals surface area (Å²) < 4.78 is 12.3. The number of rotatable bonds is 7. The average molecular weight is 328 g/mol. The summed E-state index contributed by atoms with van der Waals surface area (Å²) in [5.41, 5.74) is 8.68. The predicted octanol–water partition coefficient (Wildman–Crippen LogP) is 3.07. The molecule has 0 aromatic heterocycles. The van der Waals surface area contributed by atoms with E-state index in [0.717, 1.165) is 55.7 Å². The van der Waals surface area contributed by atoms with Crippen LogP contribution in [0, 0.1) is 0 Å². The lowest BCUT2D eigenvalue weighted by Gasteiger charge is -2.14. The molecule has 106 valence electrons. The fourth-order valence-electron chi connectivity index (χ4n) is 2.36. The zero-order valence-corrected chi connectivity index (χ0v) is 13.0. The van der Waals surface area contributed by atoms with E-state index in [2.05, 4.69) is 35.0 Å². The topological polar surface area (TPSA) is 44.5 Å². The van der Waals surface area contributed by atoms with Gasteiger partial charge in [-0.2, -0.15) is 0 Å². The Kier molecular flexibility index (Phi) is 5.67. The molecule has 1 heterocycles. The van der Waals surface area contributed by atoms with E-state index < -0.39 is 0 Å². The summed E-state index contributed by atoms with van der Waals surface area (Å²) in [5, 5.41) is 0. The molecule has 1 atom stereocenters. The minimum absolute atomic E-state index is 0.124. The van der Waals surface area contributed by atoms with E-state index in [9.17, 15) is 0 Å². The number of ether oxygens (including phenoxy) is 2. The van der Waals surface area contributed by atoms with Crippen LogP contribution in [0.15, 0.2) is 16.6 Å². The molecule has 0 saturated heterocycles. The van der Waals surface area contributed by atoms with Crippen molar-refractivity contribution in [2.45, 2.75) is 38.6 Å². The first kappa shape index (κ1) is 14.8. The second-order valence-corrected chi connectivity index (χ2v) is 5.93. The number of nitrogens with two attached hydrogens (primary N) is 1. The molecule has 0 saturated carbocycles. The van der Waals surface area contributed by atoms with Crippen molar-refractivity contribution in [1.82, 2.24) is 0 Å². The van der Waals surface area contributed by atoms with Gasteiger partial charge in [-0.3, -0.25) is 0 Å². The Hall–Kier alpha value is -0.580. The van der Waals surface area contributed by atoms with Crippen molar-refractivity contribution in [3.63, 3.8) is 0 Å². The van der Waals surface area contributed by atoms with Gasteiger partial charge < -0.3 is 15.2 Å². The van der Waals surface area contributed by atoms with E-state index in [-0.39, 0.29) is 6.04 Å². The highest BCUT2D eigenvalue weighted by Crippen LogP contribution is 2.33. The van der Waals surface area contributed by atoms with Crippen LogP contribution in [0.2, 0.25) is 0 Å². The summed E-state index contributed by atoms with van der Waals surface area (Å²) in [6, 6.07) is 4.39. The van der Waals surface area contributed by atoms with Gasteiger partial charge in [-0.25, -0.2) is 0 Å². The van der Waals surface area contributed by atoms with Gasteiger partial charge in [0.2, 0.25) is 0 Å². The van der Waals surface area contributed by atoms with Crippen LogP contribution in [-0.4, -0.2) is 25.9 Å². The van der Waals surface area contributed by atoms with Crippen LogP contribution in [0.1, 0.15) is 30.9 Å². The molecule has 0 aliphatic carbocycles. The van der Waals surface area contributed by atoms with Crippen molar-refractivity contribution in [2.75, 3.05) is 19.8 Å². The molecule has 1 unspecified atom stereocenters. The highest BCUT2D eigenvalue weighted by atomic mass is 79.9. The first-order chi connectivity index (χ1) is 9.20. The summed E-state index contributed by atoms with van der Waals surface area (Å²) in [4.78, 5) is 0. The monoisotopic (exact) mass is 327 g/mol. The van der Waals surface area contributed by atoms with Crippen molar-refractivity contribution < 1.29 is 9.47 Å². The molecule has 2 N–H and O–H groups in total. The zero-order chi connectivity index (χ0) is 13.7. The van der Waals surface area contributed by atoms with Crippen molar-refractivity contribution in [3.8, 4) is 5.75 Å². The summed E-state index contributed by atoms with van der Waals surface area (Å²) in [6.45, 7) is 4.46. The summed E-state index contributed by atoms with van der Waals surface area (Å²) in [6.07, 6.45) is 3.79.